The smallest absolute Gasteiger partial charge is 0.130 e. The van der Waals surface area contributed by atoms with Gasteiger partial charge in [0.05, 0.1) is 5.52 Å². The number of rotatable bonds is 2. The first-order valence-corrected chi connectivity index (χ1v) is 4.56. The third-order valence-electron chi connectivity index (χ3n) is 2.32. The maximum atomic E-state index is 9.68. The van der Waals surface area contributed by atoms with Gasteiger partial charge in [0, 0.05) is 6.20 Å². The molecule has 0 bridgehead atoms. The van der Waals surface area contributed by atoms with E-state index in [0.717, 1.165) is 11.9 Å². The molecule has 2 aromatic rings. The van der Waals surface area contributed by atoms with E-state index in [-0.39, 0.29) is 0 Å². The second kappa shape index (κ2) is 3.23. The predicted molar refractivity (Wildman–Crippen MR) is 53.5 cm³/mol. The largest absolute Gasteiger partial charge is 0.373 e. The molecule has 68 valence electrons. The highest BCUT2D eigenvalue weighted by atomic mass is 16.3. The van der Waals surface area contributed by atoms with E-state index in [9.17, 15) is 5.11 Å². The van der Waals surface area contributed by atoms with Crippen LogP contribution in [0, 0.1) is 0 Å². The zero-order valence-corrected chi connectivity index (χ0v) is 7.64. The van der Waals surface area contributed by atoms with Crippen LogP contribution in [0.3, 0.4) is 0 Å². The van der Waals surface area contributed by atoms with Crippen molar-refractivity contribution in [2.75, 3.05) is 0 Å². The number of aromatic nitrogens is 1. The highest BCUT2D eigenvalue weighted by Crippen LogP contribution is 2.19. The topological polar surface area (TPSA) is 25.2 Å². The predicted octanol–water partition coefficient (Wildman–Crippen LogP) is 2.54. The molecule has 0 aliphatic rings. The van der Waals surface area contributed by atoms with Crippen molar-refractivity contribution in [3.8, 4) is 0 Å². The van der Waals surface area contributed by atoms with Crippen molar-refractivity contribution in [2.24, 2.45) is 0 Å². The number of hydrogen-bond donors (Lipinski definition) is 1. The van der Waals surface area contributed by atoms with Crippen LogP contribution in [0.4, 0.5) is 0 Å². The van der Waals surface area contributed by atoms with Crippen molar-refractivity contribution in [1.82, 2.24) is 4.57 Å². The number of benzene rings is 1. The number of fused-ring (bicyclic) bond motifs is 1. The van der Waals surface area contributed by atoms with Crippen LogP contribution in [0.25, 0.3) is 10.9 Å². The molecule has 0 saturated carbocycles. The van der Waals surface area contributed by atoms with Gasteiger partial charge in [0.1, 0.15) is 6.23 Å². The molecule has 1 atom stereocenters. The molecule has 1 aromatic carbocycles. The highest BCUT2D eigenvalue weighted by Gasteiger charge is 2.05. The monoisotopic (exact) mass is 175 g/mol. The van der Waals surface area contributed by atoms with Crippen LogP contribution in [0.5, 0.6) is 0 Å². The Morgan fingerprint density at radius 1 is 1.31 bits per heavy atom. The van der Waals surface area contributed by atoms with Gasteiger partial charge in [0.2, 0.25) is 0 Å². The maximum Gasteiger partial charge on any atom is 0.130 e. The molecule has 0 amide bonds. The Labute approximate surface area is 77.4 Å². The van der Waals surface area contributed by atoms with E-state index in [2.05, 4.69) is 0 Å². The summed E-state index contributed by atoms with van der Waals surface area (Å²) in [6.45, 7) is 1.97. The van der Waals surface area contributed by atoms with E-state index < -0.39 is 6.23 Å². The maximum absolute atomic E-state index is 9.68. The third-order valence-corrected chi connectivity index (χ3v) is 2.32. The van der Waals surface area contributed by atoms with E-state index in [0.29, 0.717) is 0 Å². The van der Waals surface area contributed by atoms with Crippen LogP contribution in [-0.4, -0.2) is 9.67 Å². The van der Waals surface area contributed by atoms with Gasteiger partial charge in [-0.05, 0) is 23.9 Å². The lowest BCUT2D eigenvalue weighted by Crippen LogP contribution is -2.04. The molecule has 0 fully saturated rings. The van der Waals surface area contributed by atoms with E-state index in [1.54, 1.807) is 0 Å². The molecule has 0 aliphatic carbocycles. The van der Waals surface area contributed by atoms with Crippen LogP contribution in [0.2, 0.25) is 0 Å². The molecule has 0 radical (unpaired) electrons. The molecule has 1 heterocycles. The highest BCUT2D eigenvalue weighted by molar-refractivity contribution is 5.79. The summed E-state index contributed by atoms with van der Waals surface area (Å²) in [7, 11) is 0. The number of aliphatic hydroxyl groups excluding tert-OH is 1. The Bertz CT molecular complexity index is 405. The van der Waals surface area contributed by atoms with Crippen LogP contribution < -0.4 is 0 Å². The molecular formula is C11H13NO. The van der Waals surface area contributed by atoms with Gasteiger partial charge in [-0.25, -0.2) is 0 Å². The van der Waals surface area contributed by atoms with Crippen molar-refractivity contribution in [2.45, 2.75) is 19.6 Å². The van der Waals surface area contributed by atoms with Gasteiger partial charge in [-0.2, -0.15) is 0 Å². The first-order valence-electron chi connectivity index (χ1n) is 4.56. The van der Waals surface area contributed by atoms with Crippen molar-refractivity contribution in [3.63, 3.8) is 0 Å². The van der Waals surface area contributed by atoms with Crippen LogP contribution in [0.15, 0.2) is 36.5 Å². The lowest BCUT2D eigenvalue weighted by molar-refractivity contribution is 0.105. The molecule has 0 saturated heterocycles. The number of nitrogens with zero attached hydrogens (tertiary/aromatic N) is 1. The van der Waals surface area contributed by atoms with Gasteiger partial charge in [-0.1, -0.05) is 25.1 Å². The van der Waals surface area contributed by atoms with Gasteiger partial charge >= 0.3 is 0 Å². The molecule has 1 unspecified atom stereocenters. The quantitative estimate of drug-likeness (QED) is 0.745. The van der Waals surface area contributed by atoms with E-state index in [4.69, 9.17) is 0 Å². The first kappa shape index (κ1) is 8.32. The summed E-state index contributed by atoms with van der Waals surface area (Å²) in [5, 5.41) is 10.9. The second-order valence-electron chi connectivity index (χ2n) is 3.17. The zero-order valence-electron chi connectivity index (χ0n) is 7.64. The van der Waals surface area contributed by atoms with Gasteiger partial charge in [0.15, 0.2) is 0 Å². The molecular weight excluding hydrogens is 162 g/mol. The molecule has 2 nitrogen and oxygen atoms in total. The average Bonchev–Trinajstić information content (AvgIpc) is 2.60. The van der Waals surface area contributed by atoms with E-state index in [1.807, 2.05) is 48.0 Å². The van der Waals surface area contributed by atoms with Crippen LogP contribution >= 0.6 is 0 Å². The Morgan fingerprint density at radius 2 is 2.08 bits per heavy atom. The lowest BCUT2D eigenvalue weighted by Gasteiger charge is -2.11. The fourth-order valence-corrected chi connectivity index (χ4v) is 1.56. The summed E-state index contributed by atoms with van der Waals surface area (Å²) in [6, 6.07) is 10.1. The molecule has 13 heavy (non-hydrogen) atoms. The first-order chi connectivity index (χ1) is 6.33. The molecule has 2 rings (SSSR count). The second-order valence-corrected chi connectivity index (χ2v) is 3.17. The Balaban J connectivity index is 2.57. The molecule has 0 spiro atoms. The molecule has 1 aromatic heterocycles. The molecule has 0 aliphatic heterocycles. The van der Waals surface area contributed by atoms with Gasteiger partial charge in [-0.3, -0.25) is 0 Å². The van der Waals surface area contributed by atoms with E-state index in [1.165, 1.54) is 5.39 Å². The van der Waals surface area contributed by atoms with E-state index >= 15 is 0 Å². The third kappa shape index (κ3) is 1.33. The Morgan fingerprint density at radius 3 is 2.85 bits per heavy atom. The minimum absolute atomic E-state index is 0.403. The minimum Gasteiger partial charge on any atom is -0.373 e. The van der Waals surface area contributed by atoms with Gasteiger partial charge < -0.3 is 9.67 Å². The summed E-state index contributed by atoms with van der Waals surface area (Å²) in [4.78, 5) is 0. The van der Waals surface area contributed by atoms with Crippen LogP contribution in [-0.2, 0) is 0 Å². The summed E-state index contributed by atoms with van der Waals surface area (Å²) >= 11 is 0. The fraction of sp³-hybridized carbons (Fsp3) is 0.273. The van der Waals surface area contributed by atoms with Gasteiger partial charge in [-0.15, -0.1) is 0 Å². The number of aliphatic hydroxyl groups is 1. The lowest BCUT2D eigenvalue weighted by atomic mass is 10.2. The standard InChI is InChI=1S/C11H13NO/c1-2-11(13)12-8-7-9-5-3-4-6-10(9)12/h3-8,11,13H,2H2,1H3. The normalized spacial score (nSPS) is 13.4. The summed E-state index contributed by atoms with van der Waals surface area (Å²) in [5.41, 5.74) is 1.09. The number of para-hydroxylation sites is 1. The van der Waals surface area contributed by atoms with Crippen molar-refractivity contribution in [3.05, 3.63) is 36.5 Å². The van der Waals surface area contributed by atoms with Crippen LogP contribution in [0.1, 0.15) is 19.6 Å². The molecule has 1 N–H and O–H groups in total. The fourth-order valence-electron chi connectivity index (χ4n) is 1.56. The average molecular weight is 175 g/mol. The summed E-state index contributed by atoms with van der Waals surface area (Å²) in [6.07, 6.45) is 2.26. The van der Waals surface area contributed by atoms with Crippen molar-refractivity contribution < 1.29 is 5.11 Å². The Hall–Kier alpha value is -1.28. The van der Waals surface area contributed by atoms with Gasteiger partial charge in [0.25, 0.3) is 0 Å². The summed E-state index contributed by atoms with van der Waals surface area (Å²) < 4.78 is 1.90. The number of hydrogen-bond acceptors (Lipinski definition) is 1. The molecule has 2 heteroatoms. The summed E-state index contributed by atoms with van der Waals surface area (Å²) in [5.74, 6) is 0. The Kier molecular flexibility index (Phi) is 2.07. The van der Waals surface area contributed by atoms with Crippen molar-refractivity contribution >= 4 is 10.9 Å². The zero-order chi connectivity index (χ0) is 9.26. The van der Waals surface area contributed by atoms with Crippen molar-refractivity contribution in [1.29, 1.82) is 0 Å². The minimum atomic E-state index is -0.403. The SMILES string of the molecule is CCC(O)n1ccc2ccccc21.